The molecule has 0 aromatic heterocycles. The fraction of sp³-hybridized carbons (Fsp3) is 0.381. The Morgan fingerprint density at radius 3 is 2.68 bits per heavy atom. The molecule has 2 unspecified atom stereocenters. The van der Waals surface area contributed by atoms with Gasteiger partial charge in [-0.2, -0.15) is 0 Å². The predicted octanol–water partition coefficient (Wildman–Crippen LogP) is 3.07. The van der Waals surface area contributed by atoms with Gasteiger partial charge in [0.05, 0.1) is 12.1 Å². The second kappa shape index (κ2) is 7.28. The Kier molecular flexibility index (Phi) is 5.09. The molecule has 0 saturated carbocycles. The minimum absolute atomic E-state index is 0.0468. The number of carbonyl (C=O) groups excluding carboxylic acids is 1. The van der Waals surface area contributed by atoms with Gasteiger partial charge < -0.3 is 16.2 Å². The molecular weight excluding hydrogens is 312 g/mol. The molecule has 4 heteroatoms. The summed E-state index contributed by atoms with van der Waals surface area (Å²) in [5.74, 6) is 0.129. The third-order valence-corrected chi connectivity index (χ3v) is 5.13. The summed E-state index contributed by atoms with van der Waals surface area (Å²) in [4.78, 5) is 12.6. The number of fused-ring (bicyclic) bond motifs is 1. The smallest absolute Gasteiger partial charge is 0.237 e. The number of hydrogen-bond acceptors (Lipinski definition) is 3. The van der Waals surface area contributed by atoms with Crippen LogP contribution in [0.2, 0.25) is 0 Å². The van der Waals surface area contributed by atoms with Gasteiger partial charge in [-0.05, 0) is 79.5 Å². The van der Waals surface area contributed by atoms with E-state index in [0.29, 0.717) is 6.42 Å². The molecule has 2 aromatic rings. The minimum atomic E-state index is -0.601. The second-order valence-corrected chi connectivity index (χ2v) is 7.02. The number of phenolic OH excluding ortho intramolecular Hbond substituents is 1. The van der Waals surface area contributed by atoms with E-state index in [-0.39, 0.29) is 17.7 Å². The summed E-state index contributed by atoms with van der Waals surface area (Å²) in [7, 11) is 0. The van der Waals surface area contributed by atoms with Crippen molar-refractivity contribution in [2.45, 2.75) is 51.6 Å². The standard InChI is InChI=1S/C21H26N2O2/c1-13-10-16(24)11-14(2)18(13)12-19(22)21(25)23-20-9-5-7-15-6-3-4-8-17(15)20/h3-4,6,8,10-11,19-20,24H,5,7,9,12,22H2,1-2H3,(H,23,25). The molecule has 2 aromatic carbocycles. The molecule has 1 aliphatic carbocycles. The third kappa shape index (κ3) is 3.85. The van der Waals surface area contributed by atoms with E-state index in [9.17, 15) is 9.90 Å². The number of aryl methyl sites for hydroxylation is 3. The largest absolute Gasteiger partial charge is 0.508 e. The van der Waals surface area contributed by atoms with E-state index in [1.807, 2.05) is 26.0 Å². The molecule has 0 bridgehead atoms. The molecule has 3 rings (SSSR count). The Bertz CT molecular complexity index is 762. The van der Waals surface area contributed by atoms with Crippen LogP contribution in [-0.2, 0) is 17.6 Å². The first kappa shape index (κ1) is 17.5. The fourth-order valence-electron chi connectivity index (χ4n) is 3.79. The van der Waals surface area contributed by atoms with Crippen molar-refractivity contribution in [3.8, 4) is 5.75 Å². The molecule has 0 heterocycles. The molecule has 1 aliphatic rings. The first-order valence-corrected chi connectivity index (χ1v) is 8.88. The summed E-state index contributed by atoms with van der Waals surface area (Å²) in [6, 6.07) is 11.2. The van der Waals surface area contributed by atoms with E-state index in [1.54, 1.807) is 12.1 Å². The second-order valence-electron chi connectivity index (χ2n) is 7.02. The highest BCUT2D eigenvalue weighted by Gasteiger charge is 2.24. The topological polar surface area (TPSA) is 75.3 Å². The molecule has 0 aliphatic heterocycles. The van der Waals surface area contributed by atoms with E-state index in [0.717, 1.165) is 36.0 Å². The Morgan fingerprint density at radius 2 is 1.96 bits per heavy atom. The summed E-state index contributed by atoms with van der Waals surface area (Å²) < 4.78 is 0. The number of carbonyl (C=O) groups is 1. The number of amides is 1. The van der Waals surface area contributed by atoms with E-state index in [4.69, 9.17) is 5.73 Å². The van der Waals surface area contributed by atoms with E-state index >= 15 is 0 Å². The average Bonchev–Trinajstić information content (AvgIpc) is 2.58. The highest BCUT2D eigenvalue weighted by molar-refractivity contribution is 5.82. The zero-order valence-corrected chi connectivity index (χ0v) is 14.9. The third-order valence-electron chi connectivity index (χ3n) is 5.13. The predicted molar refractivity (Wildman–Crippen MR) is 99.5 cm³/mol. The Balaban J connectivity index is 1.70. The van der Waals surface area contributed by atoms with E-state index in [2.05, 4.69) is 17.4 Å². The molecule has 0 saturated heterocycles. The van der Waals surface area contributed by atoms with Gasteiger partial charge in [0.15, 0.2) is 0 Å². The Hall–Kier alpha value is -2.33. The van der Waals surface area contributed by atoms with Crippen LogP contribution in [-0.4, -0.2) is 17.1 Å². The van der Waals surface area contributed by atoms with Crippen molar-refractivity contribution in [1.29, 1.82) is 0 Å². The Morgan fingerprint density at radius 1 is 1.28 bits per heavy atom. The van der Waals surface area contributed by atoms with Gasteiger partial charge in [0.25, 0.3) is 0 Å². The maximum atomic E-state index is 12.6. The summed E-state index contributed by atoms with van der Waals surface area (Å²) in [5, 5.41) is 12.8. The highest BCUT2D eigenvalue weighted by Crippen LogP contribution is 2.29. The van der Waals surface area contributed by atoms with Gasteiger partial charge in [0, 0.05) is 0 Å². The fourth-order valence-corrected chi connectivity index (χ4v) is 3.79. The normalized spacial score (nSPS) is 17.6. The van der Waals surface area contributed by atoms with E-state index in [1.165, 1.54) is 11.1 Å². The quantitative estimate of drug-likeness (QED) is 0.802. The SMILES string of the molecule is Cc1cc(O)cc(C)c1CC(N)C(=O)NC1CCCc2ccccc21. The van der Waals surface area contributed by atoms with Crippen LogP contribution in [0.3, 0.4) is 0 Å². The summed E-state index contributed by atoms with van der Waals surface area (Å²) in [6.45, 7) is 3.87. The maximum Gasteiger partial charge on any atom is 0.237 e. The number of phenols is 1. The zero-order chi connectivity index (χ0) is 18.0. The van der Waals surface area contributed by atoms with E-state index < -0.39 is 6.04 Å². The molecule has 2 atom stereocenters. The van der Waals surface area contributed by atoms with Crippen LogP contribution in [0.1, 0.15) is 46.7 Å². The molecule has 25 heavy (non-hydrogen) atoms. The molecule has 0 radical (unpaired) electrons. The molecule has 4 nitrogen and oxygen atoms in total. The van der Waals surface area contributed by atoms with Gasteiger partial charge >= 0.3 is 0 Å². The van der Waals surface area contributed by atoms with Gasteiger partial charge in [0.2, 0.25) is 5.91 Å². The molecule has 0 spiro atoms. The number of rotatable bonds is 4. The number of aromatic hydroxyl groups is 1. The van der Waals surface area contributed by atoms with Crippen molar-refractivity contribution < 1.29 is 9.90 Å². The lowest BCUT2D eigenvalue weighted by Crippen LogP contribution is -2.44. The summed E-state index contributed by atoms with van der Waals surface area (Å²) in [5.41, 5.74) is 11.7. The van der Waals surface area contributed by atoms with Gasteiger partial charge in [-0.1, -0.05) is 24.3 Å². The van der Waals surface area contributed by atoms with Crippen LogP contribution >= 0.6 is 0 Å². The van der Waals surface area contributed by atoms with Crippen molar-refractivity contribution in [3.63, 3.8) is 0 Å². The molecule has 1 amide bonds. The first-order valence-electron chi connectivity index (χ1n) is 8.88. The monoisotopic (exact) mass is 338 g/mol. The zero-order valence-electron chi connectivity index (χ0n) is 14.9. The van der Waals surface area contributed by atoms with Crippen LogP contribution in [0.25, 0.3) is 0 Å². The van der Waals surface area contributed by atoms with Crippen LogP contribution in [0.5, 0.6) is 5.75 Å². The van der Waals surface area contributed by atoms with Crippen molar-refractivity contribution in [2.24, 2.45) is 5.73 Å². The lowest BCUT2D eigenvalue weighted by Gasteiger charge is -2.27. The van der Waals surface area contributed by atoms with Gasteiger partial charge in [-0.3, -0.25) is 4.79 Å². The molecular formula is C21H26N2O2. The lowest BCUT2D eigenvalue weighted by molar-refractivity contribution is -0.123. The summed E-state index contributed by atoms with van der Waals surface area (Å²) >= 11 is 0. The van der Waals surface area contributed by atoms with Gasteiger partial charge in [-0.15, -0.1) is 0 Å². The van der Waals surface area contributed by atoms with Crippen LogP contribution in [0.15, 0.2) is 36.4 Å². The van der Waals surface area contributed by atoms with Crippen LogP contribution < -0.4 is 11.1 Å². The van der Waals surface area contributed by atoms with Crippen molar-refractivity contribution >= 4 is 5.91 Å². The van der Waals surface area contributed by atoms with Crippen LogP contribution in [0.4, 0.5) is 0 Å². The maximum absolute atomic E-state index is 12.6. The summed E-state index contributed by atoms with van der Waals surface area (Å²) in [6.07, 6.45) is 3.57. The van der Waals surface area contributed by atoms with Crippen molar-refractivity contribution in [2.75, 3.05) is 0 Å². The number of benzene rings is 2. The number of nitrogens with two attached hydrogens (primary N) is 1. The van der Waals surface area contributed by atoms with Gasteiger partial charge in [-0.25, -0.2) is 0 Å². The van der Waals surface area contributed by atoms with Gasteiger partial charge in [0.1, 0.15) is 5.75 Å². The van der Waals surface area contributed by atoms with Crippen molar-refractivity contribution in [3.05, 3.63) is 64.2 Å². The molecule has 132 valence electrons. The molecule has 4 N–H and O–H groups in total. The Labute approximate surface area is 149 Å². The minimum Gasteiger partial charge on any atom is -0.508 e. The lowest BCUT2D eigenvalue weighted by atomic mass is 9.87. The van der Waals surface area contributed by atoms with Crippen molar-refractivity contribution in [1.82, 2.24) is 5.32 Å². The first-order chi connectivity index (χ1) is 12.0. The highest BCUT2D eigenvalue weighted by atomic mass is 16.3. The molecule has 0 fully saturated rings. The van der Waals surface area contributed by atoms with Crippen LogP contribution in [0, 0.1) is 13.8 Å². The average molecular weight is 338 g/mol. The number of hydrogen-bond donors (Lipinski definition) is 3. The number of nitrogens with one attached hydrogen (secondary N) is 1.